The van der Waals surface area contributed by atoms with Gasteiger partial charge >= 0.3 is 0 Å². The molecular formula is C16H24N4. The maximum absolute atomic E-state index is 4.61. The molecule has 0 fully saturated rings. The fraction of sp³-hybridized carbons (Fsp3) is 0.500. The average Bonchev–Trinajstić information content (AvgIpc) is 2.90. The van der Waals surface area contributed by atoms with Gasteiger partial charge in [-0.1, -0.05) is 51.1 Å². The molecule has 1 aromatic heterocycles. The predicted molar refractivity (Wildman–Crippen MR) is 81.6 cm³/mol. The molecule has 1 heterocycles. The number of likely N-dealkylation sites (N-methyl/N-ethyl adjacent to an activating group) is 1. The number of rotatable bonds is 7. The first kappa shape index (κ1) is 14.7. The van der Waals surface area contributed by atoms with Gasteiger partial charge < -0.3 is 5.32 Å². The normalized spacial score (nSPS) is 12.6. The number of aromatic nitrogens is 3. The SMILES string of the molecule is CCNC(Cn1nc(CC)nc1CC)c1ccccc1. The van der Waals surface area contributed by atoms with E-state index in [1.807, 2.05) is 0 Å². The fourth-order valence-corrected chi connectivity index (χ4v) is 2.38. The van der Waals surface area contributed by atoms with Crippen molar-refractivity contribution in [3.8, 4) is 0 Å². The summed E-state index contributed by atoms with van der Waals surface area (Å²) in [5.74, 6) is 2.01. The van der Waals surface area contributed by atoms with Crippen molar-refractivity contribution in [2.75, 3.05) is 6.54 Å². The first-order valence-electron chi connectivity index (χ1n) is 7.49. The second-order valence-corrected chi connectivity index (χ2v) is 4.85. The van der Waals surface area contributed by atoms with Gasteiger partial charge in [-0.25, -0.2) is 9.67 Å². The van der Waals surface area contributed by atoms with Crippen molar-refractivity contribution in [2.24, 2.45) is 0 Å². The highest BCUT2D eigenvalue weighted by atomic mass is 15.4. The van der Waals surface area contributed by atoms with Crippen LogP contribution in [-0.4, -0.2) is 21.3 Å². The van der Waals surface area contributed by atoms with E-state index in [1.54, 1.807) is 0 Å². The van der Waals surface area contributed by atoms with Crippen molar-refractivity contribution in [1.29, 1.82) is 0 Å². The van der Waals surface area contributed by atoms with E-state index in [0.29, 0.717) is 0 Å². The number of hydrogen-bond donors (Lipinski definition) is 1. The maximum atomic E-state index is 4.61. The molecule has 1 unspecified atom stereocenters. The van der Waals surface area contributed by atoms with Crippen molar-refractivity contribution in [2.45, 2.75) is 46.2 Å². The standard InChI is InChI=1S/C16H24N4/c1-4-15-18-16(5-2)20(19-15)12-14(17-6-3)13-10-8-7-9-11-13/h7-11,14,17H,4-6,12H2,1-3H3. The molecule has 4 nitrogen and oxygen atoms in total. The number of aryl methyl sites for hydroxylation is 2. The van der Waals surface area contributed by atoms with Crippen LogP contribution in [0, 0.1) is 0 Å². The summed E-state index contributed by atoms with van der Waals surface area (Å²) >= 11 is 0. The van der Waals surface area contributed by atoms with Gasteiger partial charge in [-0.05, 0) is 12.1 Å². The summed E-state index contributed by atoms with van der Waals surface area (Å²) in [7, 11) is 0. The van der Waals surface area contributed by atoms with E-state index in [0.717, 1.165) is 37.6 Å². The Morgan fingerprint density at radius 3 is 2.45 bits per heavy atom. The van der Waals surface area contributed by atoms with Crippen molar-refractivity contribution in [1.82, 2.24) is 20.1 Å². The topological polar surface area (TPSA) is 42.7 Å². The lowest BCUT2D eigenvalue weighted by Gasteiger charge is -2.19. The smallest absolute Gasteiger partial charge is 0.150 e. The van der Waals surface area contributed by atoms with Crippen molar-refractivity contribution in [3.63, 3.8) is 0 Å². The molecular weight excluding hydrogens is 248 g/mol. The molecule has 2 rings (SSSR count). The lowest BCUT2D eigenvalue weighted by Crippen LogP contribution is -2.26. The Hall–Kier alpha value is -1.68. The highest BCUT2D eigenvalue weighted by Gasteiger charge is 2.14. The monoisotopic (exact) mass is 272 g/mol. The van der Waals surface area contributed by atoms with Gasteiger partial charge in [0.05, 0.1) is 12.6 Å². The van der Waals surface area contributed by atoms with Crippen molar-refractivity contribution < 1.29 is 0 Å². The summed E-state index contributed by atoms with van der Waals surface area (Å²) in [6, 6.07) is 10.8. The van der Waals surface area contributed by atoms with Gasteiger partial charge in [0, 0.05) is 12.8 Å². The predicted octanol–water partition coefficient (Wildman–Crippen LogP) is 2.75. The largest absolute Gasteiger partial charge is 0.309 e. The molecule has 0 saturated carbocycles. The Morgan fingerprint density at radius 2 is 1.85 bits per heavy atom. The average molecular weight is 272 g/mol. The maximum Gasteiger partial charge on any atom is 0.150 e. The summed E-state index contributed by atoms with van der Waals surface area (Å²) in [6.07, 6.45) is 1.80. The Labute approximate surface area is 121 Å². The van der Waals surface area contributed by atoms with Crippen LogP contribution in [0.4, 0.5) is 0 Å². The molecule has 4 heteroatoms. The molecule has 0 aliphatic carbocycles. The Morgan fingerprint density at radius 1 is 1.10 bits per heavy atom. The minimum absolute atomic E-state index is 0.276. The highest BCUT2D eigenvalue weighted by Crippen LogP contribution is 2.15. The van der Waals surface area contributed by atoms with Gasteiger partial charge in [0.25, 0.3) is 0 Å². The Kier molecular flexibility index (Phi) is 5.30. The summed E-state index contributed by atoms with van der Waals surface area (Å²) in [6.45, 7) is 8.13. The van der Waals surface area contributed by atoms with Crippen LogP contribution in [0.15, 0.2) is 30.3 Å². The van der Waals surface area contributed by atoms with Crippen LogP contribution < -0.4 is 5.32 Å². The van der Waals surface area contributed by atoms with Gasteiger partial charge in [0.15, 0.2) is 5.82 Å². The summed E-state index contributed by atoms with van der Waals surface area (Å²) in [5.41, 5.74) is 1.30. The van der Waals surface area contributed by atoms with Crippen LogP contribution in [0.5, 0.6) is 0 Å². The third-order valence-electron chi connectivity index (χ3n) is 3.43. The number of benzene rings is 1. The van der Waals surface area contributed by atoms with Crippen LogP contribution >= 0.6 is 0 Å². The molecule has 0 amide bonds. The third kappa shape index (κ3) is 3.45. The van der Waals surface area contributed by atoms with Crippen LogP contribution in [0.2, 0.25) is 0 Å². The van der Waals surface area contributed by atoms with Crippen LogP contribution in [0.3, 0.4) is 0 Å². The summed E-state index contributed by atoms with van der Waals surface area (Å²) < 4.78 is 2.05. The van der Waals surface area contributed by atoms with Gasteiger partial charge in [0.1, 0.15) is 5.82 Å². The molecule has 0 aliphatic rings. The van der Waals surface area contributed by atoms with E-state index in [9.17, 15) is 0 Å². The van der Waals surface area contributed by atoms with Gasteiger partial charge in [0.2, 0.25) is 0 Å². The molecule has 108 valence electrons. The van der Waals surface area contributed by atoms with Crippen molar-refractivity contribution in [3.05, 3.63) is 47.5 Å². The zero-order valence-corrected chi connectivity index (χ0v) is 12.6. The van der Waals surface area contributed by atoms with E-state index in [1.165, 1.54) is 5.56 Å². The minimum atomic E-state index is 0.276. The van der Waals surface area contributed by atoms with Crippen molar-refractivity contribution >= 4 is 0 Å². The molecule has 0 spiro atoms. The molecule has 1 atom stereocenters. The van der Waals surface area contributed by atoms with E-state index < -0.39 is 0 Å². The first-order chi connectivity index (χ1) is 9.78. The van der Waals surface area contributed by atoms with Crippen LogP contribution in [0.1, 0.15) is 44.0 Å². The van der Waals surface area contributed by atoms with E-state index in [4.69, 9.17) is 0 Å². The zero-order chi connectivity index (χ0) is 14.4. The van der Waals surface area contributed by atoms with Gasteiger partial charge in [-0.15, -0.1) is 0 Å². The summed E-state index contributed by atoms with van der Waals surface area (Å²) in [4.78, 5) is 4.58. The first-order valence-corrected chi connectivity index (χ1v) is 7.49. The quantitative estimate of drug-likeness (QED) is 0.843. The fourth-order valence-electron chi connectivity index (χ4n) is 2.38. The number of hydrogen-bond acceptors (Lipinski definition) is 3. The van der Waals surface area contributed by atoms with Gasteiger partial charge in [-0.3, -0.25) is 0 Å². The number of nitrogens with one attached hydrogen (secondary N) is 1. The van der Waals surface area contributed by atoms with Crippen LogP contribution in [-0.2, 0) is 19.4 Å². The second kappa shape index (κ2) is 7.20. The number of nitrogens with zero attached hydrogens (tertiary/aromatic N) is 3. The molecule has 0 radical (unpaired) electrons. The Bertz CT molecular complexity index is 519. The summed E-state index contributed by atoms with van der Waals surface area (Å²) in [5, 5.41) is 8.15. The zero-order valence-electron chi connectivity index (χ0n) is 12.6. The lowest BCUT2D eigenvalue weighted by atomic mass is 10.1. The van der Waals surface area contributed by atoms with E-state index in [-0.39, 0.29) is 6.04 Å². The molecule has 20 heavy (non-hydrogen) atoms. The van der Waals surface area contributed by atoms with E-state index in [2.05, 4.69) is 71.2 Å². The third-order valence-corrected chi connectivity index (χ3v) is 3.43. The molecule has 0 saturated heterocycles. The van der Waals surface area contributed by atoms with Gasteiger partial charge in [-0.2, -0.15) is 5.10 Å². The molecule has 1 N–H and O–H groups in total. The Balaban J connectivity index is 2.22. The molecule has 0 aliphatic heterocycles. The minimum Gasteiger partial charge on any atom is -0.309 e. The van der Waals surface area contributed by atoms with Crippen LogP contribution in [0.25, 0.3) is 0 Å². The lowest BCUT2D eigenvalue weighted by molar-refractivity contribution is 0.436. The highest BCUT2D eigenvalue weighted by molar-refractivity contribution is 5.18. The molecule has 0 bridgehead atoms. The molecule has 2 aromatic rings. The molecule has 1 aromatic carbocycles. The van der Waals surface area contributed by atoms with E-state index >= 15 is 0 Å². The second-order valence-electron chi connectivity index (χ2n) is 4.85.